The Balaban J connectivity index is 1.78. The number of para-hydroxylation sites is 2. The fourth-order valence-electron chi connectivity index (χ4n) is 3.04. The van der Waals surface area contributed by atoms with Crippen molar-refractivity contribution < 1.29 is 4.74 Å². The number of ether oxygens (including phenoxy) is 1. The van der Waals surface area contributed by atoms with E-state index in [1.807, 2.05) is 25.1 Å². The molecule has 0 radical (unpaired) electrons. The quantitative estimate of drug-likeness (QED) is 0.854. The summed E-state index contributed by atoms with van der Waals surface area (Å²) >= 11 is 0. The first-order chi connectivity index (χ1) is 10.3. The van der Waals surface area contributed by atoms with Crippen molar-refractivity contribution in [2.45, 2.75) is 39.2 Å². The third-order valence-electron chi connectivity index (χ3n) is 4.18. The van der Waals surface area contributed by atoms with Crippen molar-refractivity contribution in [3.05, 3.63) is 59.2 Å². The lowest BCUT2D eigenvalue weighted by atomic mass is 10.0. The molecule has 1 N–H and O–H groups in total. The Hall–Kier alpha value is -1.96. The SMILES string of the molecule is CCOc1ccccc1NC(C)c1ccc2c(c1)CCC2. The molecular formula is C19H23NO. The van der Waals surface area contributed by atoms with Gasteiger partial charge in [-0.3, -0.25) is 0 Å². The van der Waals surface area contributed by atoms with Gasteiger partial charge >= 0.3 is 0 Å². The Morgan fingerprint density at radius 2 is 1.90 bits per heavy atom. The number of hydrogen-bond donors (Lipinski definition) is 1. The molecule has 0 heterocycles. The molecule has 0 saturated heterocycles. The van der Waals surface area contributed by atoms with E-state index in [-0.39, 0.29) is 6.04 Å². The number of nitrogens with one attached hydrogen (secondary N) is 1. The minimum Gasteiger partial charge on any atom is -0.492 e. The first-order valence-corrected chi connectivity index (χ1v) is 7.88. The molecule has 2 aromatic carbocycles. The summed E-state index contributed by atoms with van der Waals surface area (Å²) in [5, 5.41) is 3.58. The molecule has 0 fully saturated rings. The summed E-state index contributed by atoms with van der Waals surface area (Å²) in [4.78, 5) is 0. The minimum absolute atomic E-state index is 0.275. The Morgan fingerprint density at radius 3 is 2.76 bits per heavy atom. The van der Waals surface area contributed by atoms with Gasteiger partial charge in [-0.25, -0.2) is 0 Å². The van der Waals surface area contributed by atoms with Gasteiger partial charge in [0.2, 0.25) is 0 Å². The molecule has 0 saturated carbocycles. The third kappa shape index (κ3) is 3.05. The molecule has 1 aliphatic rings. The van der Waals surface area contributed by atoms with E-state index < -0.39 is 0 Å². The average Bonchev–Trinajstić information content (AvgIpc) is 2.97. The van der Waals surface area contributed by atoms with Gasteiger partial charge in [-0.15, -0.1) is 0 Å². The highest BCUT2D eigenvalue weighted by Crippen LogP contribution is 2.30. The lowest BCUT2D eigenvalue weighted by molar-refractivity contribution is 0.341. The first-order valence-electron chi connectivity index (χ1n) is 7.88. The lowest BCUT2D eigenvalue weighted by Gasteiger charge is -2.19. The van der Waals surface area contributed by atoms with Crippen molar-refractivity contribution >= 4 is 5.69 Å². The van der Waals surface area contributed by atoms with Gasteiger partial charge in [0, 0.05) is 6.04 Å². The smallest absolute Gasteiger partial charge is 0.142 e. The van der Waals surface area contributed by atoms with Crippen LogP contribution in [0, 0.1) is 0 Å². The van der Waals surface area contributed by atoms with E-state index in [9.17, 15) is 0 Å². The van der Waals surface area contributed by atoms with Crippen molar-refractivity contribution in [2.24, 2.45) is 0 Å². The van der Waals surface area contributed by atoms with E-state index in [2.05, 4.69) is 36.5 Å². The van der Waals surface area contributed by atoms with Gasteiger partial charge in [-0.05, 0) is 61.9 Å². The standard InChI is InChI=1S/C19H23NO/c1-3-21-19-10-5-4-9-18(19)20-14(2)16-12-11-15-7-6-8-17(15)13-16/h4-5,9-14,20H,3,6-8H2,1-2H3. The molecular weight excluding hydrogens is 258 g/mol. The Labute approximate surface area is 127 Å². The maximum Gasteiger partial charge on any atom is 0.142 e. The van der Waals surface area contributed by atoms with E-state index in [1.54, 1.807) is 0 Å². The molecule has 2 nitrogen and oxygen atoms in total. The minimum atomic E-state index is 0.275. The normalized spacial score (nSPS) is 14.6. The first kappa shape index (κ1) is 14.0. The fraction of sp³-hybridized carbons (Fsp3) is 0.368. The van der Waals surface area contributed by atoms with Crippen molar-refractivity contribution in [3.63, 3.8) is 0 Å². The fourth-order valence-corrected chi connectivity index (χ4v) is 3.04. The van der Waals surface area contributed by atoms with E-state index in [0.29, 0.717) is 6.61 Å². The van der Waals surface area contributed by atoms with Crippen molar-refractivity contribution in [1.29, 1.82) is 0 Å². The van der Waals surface area contributed by atoms with Crippen LogP contribution in [0.15, 0.2) is 42.5 Å². The summed E-state index contributed by atoms with van der Waals surface area (Å²) in [6, 6.07) is 15.3. The number of aryl methyl sites for hydroxylation is 2. The van der Waals surface area contributed by atoms with Gasteiger partial charge < -0.3 is 10.1 Å². The maximum absolute atomic E-state index is 5.69. The van der Waals surface area contributed by atoms with E-state index in [4.69, 9.17) is 4.74 Å². The van der Waals surface area contributed by atoms with Gasteiger partial charge in [0.15, 0.2) is 0 Å². The highest BCUT2D eigenvalue weighted by Gasteiger charge is 2.14. The van der Waals surface area contributed by atoms with Gasteiger partial charge in [0.1, 0.15) is 5.75 Å². The van der Waals surface area contributed by atoms with Crippen molar-refractivity contribution in [2.75, 3.05) is 11.9 Å². The number of fused-ring (bicyclic) bond motifs is 1. The van der Waals surface area contributed by atoms with Crippen molar-refractivity contribution in [1.82, 2.24) is 0 Å². The summed E-state index contributed by atoms with van der Waals surface area (Å²) in [6.45, 7) is 4.91. The molecule has 2 heteroatoms. The molecule has 0 aromatic heterocycles. The molecule has 1 unspecified atom stereocenters. The van der Waals surface area contributed by atoms with Crippen LogP contribution >= 0.6 is 0 Å². The monoisotopic (exact) mass is 281 g/mol. The second kappa shape index (κ2) is 6.21. The second-order valence-corrected chi connectivity index (χ2v) is 5.68. The molecule has 0 aliphatic heterocycles. The van der Waals surface area contributed by atoms with Crippen molar-refractivity contribution in [3.8, 4) is 5.75 Å². The van der Waals surface area contributed by atoms with Crippen LogP contribution in [-0.2, 0) is 12.8 Å². The van der Waals surface area contributed by atoms with Crippen LogP contribution in [0.4, 0.5) is 5.69 Å². The predicted octanol–water partition coefficient (Wildman–Crippen LogP) is 4.75. The van der Waals surface area contributed by atoms with Gasteiger partial charge in [-0.2, -0.15) is 0 Å². The molecule has 21 heavy (non-hydrogen) atoms. The lowest BCUT2D eigenvalue weighted by Crippen LogP contribution is -2.08. The number of hydrogen-bond acceptors (Lipinski definition) is 2. The van der Waals surface area contributed by atoms with Crippen LogP contribution in [0.5, 0.6) is 5.75 Å². The van der Waals surface area contributed by atoms with Crippen LogP contribution in [0.1, 0.15) is 43.0 Å². The zero-order valence-corrected chi connectivity index (χ0v) is 12.9. The molecule has 2 aromatic rings. The van der Waals surface area contributed by atoms with Crippen LogP contribution in [0.3, 0.4) is 0 Å². The summed E-state index contributed by atoms with van der Waals surface area (Å²) in [6.07, 6.45) is 3.77. The van der Waals surface area contributed by atoms with Gasteiger partial charge in [0.05, 0.1) is 12.3 Å². The highest BCUT2D eigenvalue weighted by molar-refractivity contribution is 5.57. The van der Waals surface area contributed by atoms with Crippen LogP contribution in [-0.4, -0.2) is 6.61 Å². The Morgan fingerprint density at radius 1 is 1.10 bits per heavy atom. The highest BCUT2D eigenvalue weighted by atomic mass is 16.5. The zero-order valence-electron chi connectivity index (χ0n) is 12.9. The molecule has 1 aliphatic carbocycles. The topological polar surface area (TPSA) is 21.3 Å². The number of rotatable bonds is 5. The summed E-state index contributed by atoms with van der Waals surface area (Å²) in [7, 11) is 0. The van der Waals surface area contributed by atoms with E-state index in [1.165, 1.54) is 36.0 Å². The van der Waals surface area contributed by atoms with E-state index >= 15 is 0 Å². The average molecular weight is 281 g/mol. The summed E-state index contributed by atoms with van der Waals surface area (Å²) in [5.74, 6) is 0.924. The molecule has 0 bridgehead atoms. The van der Waals surface area contributed by atoms with Gasteiger partial charge in [0.25, 0.3) is 0 Å². The van der Waals surface area contributed by atoms with Crippen LogP contribution in [0.25, 0.3) is 0 Å². The molecule has 110 valence electrons. The molecule has 0 spiro atoms. The third-order valence-corrected chi connectivity index (χ3v) is 4.18. The largest absolute Gasteiger partial charge is 0.492 e. The Kier molecular flexibility index (Phi) is 4.14. The van der Waals surface area contributed by atoms with Crippen LogP contribution in [0.2, 0.25) is 0 Å². The Bertz CT molecular complexity index is 621. The number of benzene rings is 2. The van der Waals surface area contributed by atoms with E-state index in [0.717, 1.165) is 11.4 Å². The summed E-state index contributed by atoms with van der Waals surface area (Å²) < 4.78 is 5.69. The molecule has 0 amide bonds. The zero-order chi connectivity index (χ0) is 14.7. The maximum atomic E-state index is 5.69. The molecule has 1 atom stereocenters. The van der Waals surface area contributed by atoms with Crippen LogP contribution < -0.4 is 10.1 Å². The predicted molar refractivity (Wildman–Crippen MR) is 88.1 cm³/mol. The summed E-state index contributed by atoms with van der Waals surface area (Å²) in [5.41, 5.74) is 5.47. The molecule has 3 rings (SSSR count). The van der Waals surface area contributed by atoms with Gasteiger partial charge in [-0.1, -0.05) is 30.3 Å². The second-order valence-electron chi connectivity index (χ2n) is 5.68. The number of anilines is 1.